The highest BCUT2D eigenvalue weighted by Crippen LogP contribution is 2.41. The standard InChI is InChI=1S/C34H40F3N7O2/c1-22(35)32(45)44-16-15-42(19-24(44)9-12-38)31-27-10-14-41(30-8-7-28(37)25-5-2-3-6-26(25)30)20-29(27)39-33(40-31)46-21-34-11-4-13-43(34)18-23(36)17-34/h7-8,23-24H,1-6,9-11,13-21H2/t23-,24+,34+/m1/s1. The minimum atomic E-state index is -1.04. The first kappa shape index (κ1) is 30.8. The summed E-state index contributed by atoms with van der Waals surface area (Å²) in [6.07, 6.45) is 5.70. The number of benzene rings is 1. The number of alkyl halides is 1. The van der Waals surface area contributed by atoms with Crippen LogP contribution in [-0.2, 0) is 30.6 Å². The van der Waals surface area contributed by atoms with Gasteiger partial charge in [0.1, 0.15) is 24.4 Å². The van der Waals surface area contributed by atoms with Crippen molar-refractivity contribution in [2.24, 2.45) is 0 Å². The van der Waals surface area contributed by atoms with Gasteiger partial charge in [-0.1, -0.05) is 6.58 Å². The molecule has 1 amide bonds. The molecule has 7 rings (SSSR count). The average Bonchev–Trinajstić information content (AvgIpc) is 3.59. The third kappa shape index (κ3) is 5.57. The summed E-state index contributed by atoms with van der Waals surface area (Å²) in [5.41, 5.74) is 4.35. The van der Waals surface area contributed by atoms with Gasteiger partial charge >= 0.3 is 6.01 Å². The zero-order valence-electron chi connectivity index (χ0n) is 26.1. The SMILES string of the molecule is C=C(F)C(=O)N1CCN(c2nc(OC[C@@]34CCCN3C[C@H](F)C4)nc3c2CCN(c2ccc(F)c4c2CCCC4)C3)C[C@@H]1CC#N. The lowest BCUT2D eigenvalue weighted by Crippen LogP contribution is -2.55. The molecule has 3 fully saturated rings. The average molecular weight is 636 g/mol. The number of rotatable bonds is 7. The van der Waals surface area contributed by atoms with Crippen LogP contribution in [0.25, 0.3) is 0 Å². The molecular formula is C34H40F3N7O2. The lowest BCUT2D eigenvalue weighted by Gasteiger charge is -2.42. The number of ether oxygens (including phenoxy) is 1. The predicted octanol–water partition coefficient (Wildman–Crippen LogP) is 4.43. The molecule has 0 N–H and O–H groups in total. The Balaban J connectivity index is 1.21. The molecule has 9 nitrogen and oxygen atoms in total. The molecule has 3 atom stereocenters. The summed E-state index contributed by atoms with van der Waals surface area (Å²) in [6.45, 7) is 6.82. The lowest BCUT2D eigenvalue weighted by atomic mass is 9.89. The molecule has 0 radical (unpaired) electrons. The van der Waals surface area contributed by atoms with Crippen molar-refractivity contribution in [1.29, 1.82) is 5.26 Å². The molecule has 0 spiro atoms. The molecule has 3 saturated heterocycles. The van der Waals surface area contributed by atoms with E-state index >= 15 is 0 Å². The summed E-state index contributed by atoms with van der Waals surface area (Å²) in [4.78, 5) is 30.3. The second-order valence-electron chi connectivity index (χ2n) is 13.4. The number of anilines is 2. The second-order valence-corrected chi connectivity index (χ2v) is 13.4. The van der Waals surface area contributed by atoms with E-state index in [-0.39, 0.29) is 30.3 Å². The zero-order valence-corrected chi connectivity index (χ0v) is 26.1. The minimum Gasteiger partial charge on any atom is -0.461 e. The fourth-order valence-corrected chi connectivity index (χ4v) is 8.42. The first-order valence-corrected chi connectivity index (χ1v) is 16.5. The highest BCUT2D eigenvalue weighted by atomic mass is 19.1. The third-order valence-electron chi connectivity index (χ3n) is 10.6. The highest BCUT2D eigenvalue weighted by Gasteiger charge is 2.49. The van der Waals surface area contributed by atoms with Crippen LogP contribution in [0.5, 0.6) is 6.01 Å². The maximum Gasteiger partial charge on any atom is 0.318 e. The molecular weight excluding hydrogens is 595 g/mol. The molecule has 0 saturated carbocycles. The van der Waals surface area contributed by atoms with Crippen LogP contribution in [0, 0.1) is 17.1 Å². The van der Waals surface area contributed by atoms with E-state index in [1.165, 1.54) is 4.90 Å². The van der Waals surface area contributed by atoms with Gasteiger partial charge < -0.3 is 19.4 Å². The van der Waals surface area contributed by atoms with Crippen LogP contribution in [0.2, 0.25) is 0 Å². The maximum atomic E-state index is 14.7. The van der Waals surface area contributed by atoms with Gasteiger partial charge in [0.2, 0.25) is 0 Å². The molecule has 5 heterocycles. The van der Waals surface area contributed by atoms with Gasteiger partial charge in [-0.2, -0.15) is 15.2 Å². The van der Waals surface area contributed by atoms with Crippen molar-refractivity contribution in [3.05, 3.63) is 52.7 Å². The van der Waals surface area contributed by atoms with E-state index in [2.05, 4.69) is 22.4 Å². The molecule has 46 heavy (non-hydrogen) atoms. The van der Waals surface area contributed by atoms with Crippen molar-refractivity contribution >= 4 is 17.4 Å². The molecule has 12 heteroatoms. The van der Waals surface area contributed by atoms with Crippen LogP contribution in [0.4, 0.5) is 24.7 Å². The lowest BCUT2D eigenvalue weighted by molar-refractivity contribution is -0.131. The van der Waals surface area contributed by atoms with Gasteiger partial charge in [0.05, 0.1) is 36.3 Å². The second kappa shape index (κ2) is 12.4. The smallest absolute Gasteiger partial charge is 0.318 e. The van der Waals surface area contributed by atoms with Crippen molar-refractivity contribution in [3.63, 3.8) is 0 Å². The molecule has 2 aromatic rings. The van der Waals surface area contributed by atoms with E-state index < -0.39 is 23.9 Å². The predicted molar refractivity (Wildman–Crippen MR) is 167 cm³/mol. The molecule has 0 bridgehead atoms. The summed E-state index contributed by atoms with van der Waals surface area (Å²) in [5.74, 6) is -1.29. The van der Waals surface area contributed by atoms with Crippen LogP contribution >= 0.6 is 0 Å². The fourth-order valence-electron chi connectivity index (χ4n) is 8.42. The number of hydrogen-bond acceptors (Lipinski definition) is 8. The van der Waals surface area contributed by atoms with Gasteiger partial charge in [-0.05, 0) is 74.8 Å². The van der Waals surface area contributed by atoms with E-state index in [9.17, 15) is 23.2 Å². The Bertz CT molecular complexity index is 1580. The van der Waals surface area contributed by atoms with Crippen molar-refractivity contribution in [2.45, 2.75) is 82.1 Å². The number of piperazine rings is 1. The summed E-state index contributed by atoms with van der Waals surface area (Å²) in [6, 6.07) is 5.27. The molecule has 1 aromatic carbocycles. The van der Waals surface area contributed by atoms with Crippen molar-refractivity contribution in [3.8, 4) is 12.1 Å². The van der Waals surface area contributed by atoms with E-state index in [0.29, 0.717) is 58.0 Å². The van der Waals surface area contributed by atoms with Crippen LogP contribution < -0.4 is 14.5 Å². The van der Waals surface area contributed by atoms with E-state index in [1.807, 2.05) is 11.0 Å². The molecule has 1 aromatic heterocycles. The number of hydrogen-bond donors (Lipinski definition) is 0. The first-order chi connectivity index (χ1) is 22.3. The van der Waals surface area contributed by atoms with Gasteiger partial charge in [0.15, 0.2) is 5.83 Å². The molecule has 1 aliphatic carbocycles. The number of fused-ring (bicyclic) bond motifs is 3. The number of halogens is 3. The highest BCUT2D eigenvalue weighted by molar-refractivity contribution is 5.91. The summed E-state index contributed by atoms with van der Waals surface area (Å²) >= 11 is 0. The molecule has 244 valence electrons. The van der Waals surface area contributed by atoms with Gasteiger partial charge in [-0.25, -0.2) is 13.2 Å². The van der Waals surface area contributed by atoms with Crippen molar-refractivity contribution in [2.75, 3.05) is 55.7 Å². The number of nitrogens with zero attached hydrogens (tertiary/aromatic N) is 7. The number of carbonyl (C=O) groups excluding carboxylic acids is 1. The van der Waals surface area contributed by atoms with E-state index in [4.69, 9.17) is 14.7 Å². The molecule has 5 aliphatic rings. The number of nitriles is 1. The largest absolute Gasteiger partial charge is 0.461 e. The van der Waals surface area contributed by atoms with Crippen LogP contribution in [0.1, 0.15) is 60.9 Å². The first-order valence-electron chi connectivity index (χ1n) is 16.5. The Morgan fingerprint density at radius 2 is 1.87 bits per heavy atom. The van der Waals surface area contributed by atoms with Gasteiger partial charge in [0.25, 0.3) is 5.91 Å². The van der Waals surface area contributed by atoms with Crippen molar-refractivity contribution in [1.82, 2.24) is 19.8 Å². The monoisotopic (exact) mass is 635 g/mol. The van der Waals surface area contributed by atoms with Crippen LogP contribution in [0.15, 0.2) is 24.5 Å². The Kier molecular flexibility index (Phi) is 8.30. The summed E-state index contributed by atoms with van der Waals surface area (Å²) in [5, 5.41) is 9.53. The number of carbonyl (C=O) groups is 1. The summed E-state index contributed by atoms with van der Waals surface area (Å²) in [7, 11) is 0. The minimum absolute atomic E-state index is 0.0400. The number of amides is 1. The molecule has 0 unspecified atom stereocenters. The quantitative estimate of drug-likeness (QED) is 0.414. The Morgan fingerprint density at radius 3 is 2.67 bits per heavy atom. The van der Waals surface area contributed by atoms with Gasteiger partial charge in [-0.15, -0.1) is 0 Å². The maximum absolute atomic E-state index is 14.7. The topological polar surface area (TPSA) is 88.8 Å². The third-order valence-corrected chi connectivity index (χ3v) is 10.6. The fraction of sp³-hybridized carbons (Fsp3) is 0.588. The van der Waals surface area contributed by atoms with Crippen LogP contribution in [-0.4, -0.2) is 89.3 Å². The Hall–Kier alpha value is -3.85. The van der Waals surface area contributed by atoms with Gasteiger partial charge in [-0.3, -0.25) is 9.69 Å². The molecule has 4 aliphatic heterocycles. The normalized spacial score (nSPS) is 25.9. The Labute approximate surface area is 267 Å². The van der Waals surface area contributed by atoms with E-state index in [0.717, 1.165) is 73.1 Å². The number of aromatic nitrogens is 2. The zero-order chi connectivity index (χ0) is 32.0. The van der Waals surface area contributed by atoms with E-state index in [1.54, 1.807) is 6.07 Å². The van der Waals surface area contributed by atoms with Gasteiger partial charge in [0, 0.05) is 50.4 Å². The Morgan fingerprint density at radius 1 is 1.04 bits per heavy atom. The van der Waals surface area contributed by atoms with Crippen molar-refractivity contribution < 1.29 is 22.7 Å². The van der Waals surface area contributed by atoms with Crippen LogP contribution in [0.3, 0.4) is 0 Å². The summed E-state index contributed by atoms with van der Waals surface area (Å²) < 4.78 is 49.4.